The number of carbonyl (C=O) groups excluding carboxylic acids is 1. The van der Waals surface area contributed by atoms with Gasteiger partial charge in [0.05, 0.1) is 24.9 Å². The smallest absolute Gasteiger partial charge is 0.417 e. The number of aromatic nitrogens is 2. The maximum Gasteiger partial charge on any atom is 0.417 e. The third kappa shape index (κ3) is 5.79. The number of pyridine rings is 1. The van der Waals surface area contributed by atoms with Gasteiger partial charge in [-0.2, -0.15) is 13.2 Å². The SMILES string of the molecule is COc1ccc(-c2csc(NC(=O)CN3CCN(c4ccc(C(F)(F)F)cn4)CC3)n2)cc1. The number of nitrogens with zero attached hydrogens (tertiary/aromatic N) is 4. The molecule has 1 aromatic carbocycles. The maximum atomic E-state index is 12.7. The minimum absolute atomic E-state index is 0.160. The Hall–Kier alpha value is -3.18. The molecule has 0 bridgehead atoms. The highest BCUT2D eigenvalue weighted by atomic mass is 32.1. The molecule has 0 aliphatic carbocycles. The van der Waals surface area contributed by atoms with E-state index in [-0.39, 0.29) is 12.5 Å². The number of benzene rings is 1. The number of amides is 1. The van der Waals surface area contributed by atoms with Crippen molar-refractivity contribution in [2.24, 2.45) is 0 Å². The molecule has 3 heterocycles. The van der Waals surface area contributed by atoms with Crippen LogP contribution in [-0.4, -0.2) is 60.6 Å². The third-order valence-electron chi connectivity index (χ3n) is 5.28. The number of rotatable bonds is 6. The Morgan fingerprint density at radius 2 is 1.85 bits per heavy atom. The normalized spacial score (nSPS) is 14.8. The largest absolute Gasteiger partial charge is 0.497 e. The van der Waals surface area contributed by atoms with Gasteiger partial charge in [-0.25, -0.2) is 9.97 Å². The van der Waals surface area contributed by atoms with Crippen LogP contribution in [0.5, 0.6) is 5.75 Å². The second-order valence-electron chi connectivity index (χ2n) is 7.48. The summed E-state index contributed by atoms with van der Waals surface area (Å²) in [6, 6.07) is 9.94. The zero-order valence-corrected chi connectivity index (χ0v) is 18.6. The van der Waals surface area contributed by atoms with Crippen molar-refractivity contribution in [2.75, 3.05) is 50.1 Å². The molecule has 1 N–H and O–H groups in total. The van der Waals surface area contributed by atoms with Crippen molar-refractivity contribution in [1.82, 2.24) is 14.9 Å². The monoisotopic (exact) mass is 477 g/mol. The Balaban J connectivity index is 1.26. The van der Waals surface area contributed by atoms with Gasteiger partial charge in [-0.1, -0.05) is 0 Å². The van der Waals surface area contributed by atoms with Gasteiger partial charge < -0.3 is 15.0 Å². The fourth-order valence-corrected chi connectivity index (χ4v) is 4.20. The summed E-state index contributed by atoms with van der Waals surface area (Å²) in [7, 11) is 1.61. The predicted octanol–water partition coefficient (Wildman–Crippen LogP) is 3.99. The number of thiazole rings is 1. The number of halogens is 3. The van der Waals surface area contributed by atoms with Gasteiger partial charge >= 0.3 is 6.18 Å². The summed E-state index contributed by atoms with van der Waals surface area (Å²) in [6.07, 6.45) is -3.55. The van der Waals surface area contributed by atoms with Crippen LogP contribution in [0.4, 0.5) is 24.1 Å². The first-order valence-corrected chi connectivity index (χ1v) is 11.1. The summed E-state index contributed by atoms with van der Waals surface area (Å²) in [5.41, 5.74) is 0.940. The quantitative estimate of drug-likeness (QED) is 0.579. The molecule has 7 nitrogen and oxygen atoms in total. The first-order valence-electron chi connectivity index (χ1n) is 10.2. The summed E-state index contributed by atoms with van der Waals surface area (Å²) in [4.78, 5) is 24.8. The van der Waals surface area contributed by atoms with Crippen LogP contribution in [0.2, 0.25) is 0 Å². The summed E-state index contributed by atoms with van der Waals surface area (Å²) in [6.45, 7) is 2.57. The highest BCUT2D eigenvalue weighted by Crippen LogP contribution is 2.29. The van der Waals surface area contributed by atoms with Gasteiger partial charge in [-0.15, -0.1) is 11.3 Å². The topological polar surface area (TPSA) is 70.6 Å². The molecule has 1 saturated heterocycles. The fraction of sp³-hybridized carbons (Fsp3) is 0.318. The summed E-state index contributed by atoms with van der Waals surface area (Å²) in [5.74, 6) is 1.10. The van der Waals surface area contributed by atoms with Crippen LogP contribution in [-0.2, 0) is 11.0 Å². The lowest BCUT2D eigenvalue weighted by Crippen LogP contribution is -2.48. The number of anilines is 2. The van der Waals surface area contributed by atoms with Crippen LogP contribution < -0.4 is 15.0 Å². The zero-order valence-electron chi connectivity index (χ0n) is 17.8. The Bertz CT molecular complexity index is 1080. The van der Waals surface area contributed by atoms with Gasteiger partial charge in [-0.05, 0) is 36.4 Å². The van der Waals surface area contributed by atoms with E-state index in [1.807, 2.05) is 39.4 Å². The van der Waals surface area contributed by atoms with Gasteiger partial charge in [0.1, 0.15) is 11.6 Å². The first kappa shape index (κ1) is 23.0. The molecule has 1 aliphatic rings. The van der Waals surface area contributed by atoms with Crippen molar-refractivity contribution in [2.45, 2.75) is 6.18 Å². The Labute approximate surface area is 192 Å². The van der Waals surface area contributed by atoms with Crippen molar-refractivity contribution >= 4 is 28.2 Å². The predicted molar refractivity (Wildman–Crippen MR) is 121 cm³/mol. The van der Waals surface area contributed by atoms with Gasteiger partial charge in [-0.3, -0.25) is 9.69 Å². The van der Waals surface area contributed by atoms with Crippen LogP contribution in [0.3, 0.4) is 0 Å². The number of ether oxygens (including phenoxy) is 1. The Morgan fingerprint density at radius 3 is 2.45 bits per heavy atom. The van der Waals surface area contributed by atoms with Gasteiger partial charge in [0.15, 0.2) is 5.13 Å². The lowest BCUT2D eigenvalue weighted by Gasteiger charge is -2.35. The van der Waals surface area contributed by atoms with Crippen LogP contribution in [0.15, 0.2) is 48.0 Å². The standard InChI is InChI=1S/C22H22F3N5O2S/c1-32-17-5-2-15(3-6-17)18-14-33-21(27-18)28-20(31)13-29-8-10-30(11-9-29)19-7-4-16(12-26-19)22(23,24)25/h2-7,12,14H,8-11,13H2,1H3,(H,27,28,31). The molecule has 11 heteroatoms. The average molecular weight is 478 g/mol. The van der Waals surface area contributed by atoms with E-state index >= 15 is 0 Å². The lowest BCUT2D eigenvalue weighted by molar-refractivity contribution is -0.137. The summed E-state index contributed by atoms with van der Waals surface area (Å²) >= 11 is 1.36. The maximum absolute atomic E-state index is 12.7. The summed E-state index contributed by atoms with van der Waals surface area (Å²) in [5, 5.41) is 5.24. The van der Waals surface area contributed by atoms with E-state index in [4.69, 9.17) is 4.74 Å². The van der Waals surface area contributed by atoms with Gasteiger partial charge in [0.25, 0.3) is 0 Å². The van der Waals surface area contributed by atoms with E-state index < -0.39 is 11.7 Å². The lowest BCUT2D eigenvalue weighted by atomic mass is 10.2. The van der Waals surface area contributed by atoms with E-state index in [0.717, 1.165) is 29.3 Å². The Morgan fingerprint density at radius 1 is 1.12 bits per heavy atom. The number of hydrogen-bond acceptors (Lipinski definition) is 7. The van der Waals surface area contributed by atoms with Crippen molar-refractivity contribution < 1.29 is 22.7 Å². The van der Waals surface area contributed by atoms with E-state index in [1.54, 1.807) is 7.11 Å². The number of alkyl halides is 3. The molecule has 1 amide bonds. The van der Waals surface area contributed by atoms with E-state index in [9.17, 15) is 18.0 Å². The second kappa shape index (κ2) is 9.75. The Kier molecular flexibility index (Phi) is 6.80. The molecule has 4 rings (SSSR count). The van der Waals surface area contributed by atoms with Crippen LogP contribution >= 0.6 is 11.3 Å². The fourth-order valence-electron chi connectivity index (χ4n) is 3.46. The number of hydrogen-bond donors (Lipinski definition) is 1. The number of carbonyl (C=O) groups is 1. The molecule has 0 spiro atoms. The van der Waals surface area contributed by atoms with Gasteiger partial charge in [0.2, 0.25) is 5.91 Å². The second-order valence-corrected chi connectivity index (χ2v) is 8.34. The van der Waals surface area contributed by atoms with E-state index in [0.29, 0.717) is 37.1 Å². The number of piperazine rings is 1. The average Bonchev–Trinajstić information content (AvgIpc) is 3.27. The number of nitrogens with one attached hydrogen (secondary N) is 1. The van der Waals surface area contributed by atoms with E-state index in [2.05, 4.69) is 15.3 Å². The van der Waals surface area contributed by atoms with Crippen LogP contribution in [0.25, 0.3) is 11.3 Å². The van der Waals surface area contributed by atoms with Crippen molar-refractivity contribution in [3.63, 3.8) is 0 Å². The van der Waals surface area contributed by atoms with Crippen molar-refractivity contribution in [1.29, 1.82) is 0 Å². The molecule has 2 aromatic heterocycles. The van der Waals surface area contributed by atoms with E-state index in [1.165, 1.54) is 17.4 Å². The molecule has 1 fully saturated rings. The van der Waals surface area contributed by atoms with Crippen molar-refractivity contribution in [3.8, 4) is 17.0 Å². The molecular formula is C22H22F3N5O2S. The van der Waals surface area contributed by atoms with Crippen molar-refractivity contribution in [3.05, 3.63) is 53.5 Å². The minimum Gasteiger partial charge on any atom is -0.497 e. The minimum atomic E-state index is -4.40. The zero-order chi connectivity index (χ0) is 23.4. The highest BCUT2D eigenvalue weighted by Gasteiger charge is 2.31. The third-order valence-corrected chi connectivity index (χ3v) is 6.03. The molecule has 1 aliphatic heterocycles. The number of methoxy groups -OCH3 is 1. The molecule has 0 unspecified atom stereocenters. The molecule has 3 aromatic rings. The highest BCUT2D eigenvalue weighted by molar-refractivity contribution is 7.14. The molecule has 33 heavy (non-hydrogen) atoms. The summed E-state index contributed by atoms with van der Waals surface area (Å²) < 4.78 is 43.3. The molecule has 0 saturated carbocycles. The molecule has 0 radical (unpaired) electrons. The van der Waals surface area contributed by atoms with Crippen LogP contribution in [0, 0.1) is 0 Å². The van der Waals surface area contributed by atoms with Crippen LogP contribution in [0.1, 0.15) is 5.56 Å². The van der Waals surface area contributed by atoms with Gasteiger partial charge in [0, 0.05) is 43.3 Å². The first-order chi connectivity index (χ1) is 15.8. The molecule has 174 valence electrons. The molecule has 0 atom stereocenters. The molecular weight excluding hydrogens is 455 g/mol.